The zero-order chi connectivity index (χ0) is 13.7. The summed E-state index contributed by atoms with van der Waals surface area (Å²) in [7, 11) is 0. The zero-order valence-electron chi connectivity index (χ0n) is 12.4. The monoisotopic (exact) mass is 260 g/mol. The predicted molar refractivity (Wildman–Crippen MR) is 82.0 cm³/mol. The minimum atomic E-state index is 0.320. The van der Waals surface area contributed by atoms with Gasteiger partial charge in [0.15, 0.2) is 0 Å². The molecule has 1 saturated heterocycles. The van der Waals surface area contributed by atoms with Gasteiger partial charge in [0.25, 0.3) is 0 Å². The van der Waals surface area contributed by atoms with E-state index < -0.39 is 0 Å². The van der Waals surface area contributed by atoms with Gasteiger partial charge in [0.1, 0.15) is 0 Å². The van der Waals surface area contributed by atoms with E-state index in [0.717, 1.165) is 6.54 Å². The van der Waals surface area contributed by atoms with E-state index >= 15 is 0 Å². The molecule has 106 valence electrons. The van der Waals surface area contributed by atoms with Crippen molar-refractivity contribution >= 4 is 0 Å². The van der Waals surface area contributed by atoms with Gasteiger partial charge in [-0.15, -0.1) is 0 Å². The summed E-state index contributed by atoms with van der Waals surface area (Å²) in [6, 6.07) is 11.9. The molecule has 3 unspecified atom stereocenters. The van der Waals surface area contributed by atoms with Crippen molar-refractivity contribution in [1.29, 1.82) is 0 Å². The van der Waals surface area contributed by atoms with E-state index in [-0.39, 0.29) is 0 Å². The van der Waals surface area contributed by atoms with Crippen molar-refractivity contribution in [3.8, 4) is 0 Å². The van der Waals surface area contributed by atoms with Gasteiger partial charge in [0, 0.05) is 18.6 Å². The maximum atomic E-state index is 6.12. The second kappa shape index (κ2) is 7.06. The lowest BCUT2D eigenvalue weighted by Crippen LogP contribution is -2.43. The Morgan fingerprint density at radius 1 is 1.32 bits per heavy atom. The molecule has 2 nitrogen and oxygen atoms in total. The summed E-state index contributed by atoms with van der Waals surface area (Å²) in [6.45, 7) is 6.83. The Labute approximate surface area is 118 Å². The summed E-state index contributed by atoms with van der Waals surface area (Å²) in [4.78, 5) is 2.66. The van der Waals surface area contributed by atoms with E-state index in [2.05, 4.69) is 49.1 Å². The Balaban J connectivity index is 2.10. The summed E-state index contributed by atoms with van der Waals surface area (Å²) in [5, 5.41) is 0. The first-order valence-corrected chi connectivity index (χ1v) is 7.77. The molecule has 0 aliphatic carbocycles. The molecule has 0 radical (unpaired) electrons. The molecule has 1 heterocycles. The van der Waals surface area contributed by atoms with Crippen LogP contribution in [0, 0.1) is 5.92 Å². The van der Waals surface area contributed by atoms with Gasteiger partial charge in [0.05, 0.1) is 0 Å². The molecule has 1 aliphatic heterocycles. The van der Waals surface area contributed by atoms with Crippen LogP contribution >= 0.6 is 0 Å². The van der Waals surface area contributed by atoms with Gasteiger partial charge in [-0.1, -0.05) is 43.7 Å². The van der Waals surface area contributed by atoms with Gasteiger partial charge in [0.2, 0.25) is 0 Å². The van der Waals surface area contributed by atoms with Crippen LogP contribution in [0.2, 0.25) is 0 Å². The highest BCUT2D eigenvalue weighted by molar-refractivity contribution is 5.19. The van der Waals surface area contributed by atoms with Crippen molar-refractivity contribution in [2.24, 2.45) is 11.7 Å². The smallest absolute Gasteiger partial charge is 0.0348 e. The average molecular weight is 260 g/mol. The highest BCUT2D eigenvalue weighted by Gasteiger charge is 2.27. The van der Waals surface area contributed by atoms with Crippen molar-refractivity contribution in [1.82, 2.24) is 4.90 Å². The number of hydrogen-bond acceptors (Lipinski definition) is 2. The van der Waals surface area contributed by atoms with Crippen LogP contribution in [0.4, 0.5) is 0 Å². The summed E-state index contributed by atoms with van der Waals surface area (Å²) in [5.41, 5.74) is 7.58. The highest BCUT2D eigenvalue weighted by atomic mass is 15.2. The molecule has 2 heteroatoms. The third-order valence-corrected chi connectivity index (χ3v) is 4.42. The SMILES string of the molecule is CCCC(c1ccccc1)N1CCCC(C(C)N)C1. The molecule has 1 fully saturated rings. The van der Waals surface area contributed by atoms with Crippen LogP contribution in [0.25, 0.3) is 0 Å². The van der Waals surface area contributed by atoms with E-state index in [9.17, 15) is 0 Å². The number of hydrogen-bond donors (Lipinski definition) is 1. The fourth-order valence-electron chi connectivity index (χ4n) is 3.26. The van der Waals surface area contributed by atoms with Crippen LogP contribution in [0.3, 0.4) is 0 Å². The largest absolute Gasteiger partial charge is 0.328 e. The molecular weight excluding hydrogens is 232 g/mol. The molecule has 0 amide bonds. The summed E-state index contributed by atoms with van der Waals surface area (Å²) in [5.74, 6) is 0.664. The van der Waals surface area contributed by atoms with Crippen molar-refractivity contribution in [2.75, 3.05) is 13.1 Å². The number of likely N-dealkylation sites (tertiary alicyclic amines) is 1. The van der Waals surface area contributed by atoms with Crippen LogP contribution in [0.15, 0.2) is 30.3 Å². The first-order valence-electron chi connectivity index (χ1n) is 7.77. The van der Waals surface area contributed by atoms with Gasteiger partial charge in [-0.3, -0.25) is 4.90 Å². The van der Waals surface area contributed by atoms with Crippen LogP contribution in [0.1, 0.15) is 51.1 Å². The lowest BCUT2D eigenvalue weighted by molar-refractivity contribution is 0.107. The third kappa shape index (κ3) is 3.80. The minimum Gasteiger partial charge on any atom is -0.328 e. The summed E-state index contributed by atoms with van der Waals surface area (Å²) < 4.78 is 0. The molecular formula is C17H28N2. The standard InChI is InChI=1S/C17H28N2/c1-3-8-17(15-9-5-4-6-10-15)19-12-7-11-16(13-19)14(2)18/h4-6,9-10,14,16-17H,3,7-8,11-13,18H2,1-2H3. The van der Waals surface area contributed by atoms with Crippen molar-refractivity contribution in [3.63, 3.8) is 0 Å². The Kier molecular flexibility index (Phi) is 5.41. The Morgan fingerprint density at radius 3 is 2.68 bits per heavy atom. The molecule has 1 aromatic rings. The van der Waals surface area contributed by atoms with Crippen molar-refractivity contribution in [2.45, 2.75) is 51.6 Å². The molecule has 3 atom stereocenters. The molecule has 1 aliphatic rings. The predicted octanol–water partition coefficient (Wildman–Crippen LogP) is 3.59. The van der Waals surface area contributed by atoms with Crippen LogP contribution in [-0.4, -0.2) is 24.0 Å². The molecule has 0 bridgehead atoms. The summed E-state index contributed by atoms with van der Waals surface area (Å²) in [6.07, 6.45) is 5.07. The van der Waals surface area contributed by atoms with E-state index in [1.165, 1.54) is 37.8 Å². The second-order valence-corrected chi connectivity index (χ2v) is 5.97. The van der Waals surface area contributed by atoms with Crippen LogP contribution in [-0.2, 0) is 0 Å². The van der Waals surface area contributed by atoms with Crippen LogP contribution < -0.4 is 5.73 Å². The normalized spacial score (nSPS) is 24.1. The Bertz CT molecular complexity index is 361. The first kappa shape index (κ1) is 14.5. The lowest BCUT2D eigenvalue weighted by Gasteiger charge is -2.40. The Hall–Kier alpha value is -0.860. The van der Waals surface area contributed by atoms with Gasteiger partial charge < -0.3 is 5.73 Å². The molecule has 19 heavy (non-hydrogen) atoms. The highest BCUT2D eigenvalue weighted by Crippen LogP contribution is 2.30. The van der Waals surface area contributed by atoms with Crippen LogP contribution in [0.5, 0.6) is 0 Å². The first-order chi connectivity index (χ1) is 9.22. The number of nitrogens with zero attached hydrogens (tertiary/aromatic N) is 1. The molecule has 0 spiro atoms. The van der Waals surface area contributed by atoms with Gasteiger partial charge >= 0.3 is 0 Å². The topological polar surface area (TPSA) is 29.3 Å². The second-order valence-electron chi connectivity index (χ2n) is 5.97. The fourth-order valence-corrected chi connectivity index (χ4v) is 3.26. The van der Waals surface area contributed by atoms with E-state index in [1.54, 1.807) is 0 Å². The Morgan fingerprint density at radius 2 is 2.05 bits per heavy atom. The molecule has 2 N–H and O–H groups in total. The fraction of sp³-hybridized carbons (Fsp3) is 0.647. The minimum absolute atomic E-state index is 0.320. The summed E-state index contributed by atoms with van der Waals surface area (Å²) >= 11 is 0. The number of rotatable bonds is 5. The van der Waals surface area contributed by atoms with E-state index in [1.807, 2.05) is 0 Å². The van der Waals surface area contributed by atoms with E-state index in [4.69, 9.17) is 5.73 Å². The van der Waals surface area contributed by atoms with Gasteiger partial charge in [-0.05, 0) is 44.2 Å². The zero-order valence-corrected chi connectivity index (χ0v) is 12.4. The quantitative estimate of drug-likeness (QED) is 0.876. The molecule has 0 aromatic heterocycles. The lowest BCUT2D eigenvalue weighted by atomic mass is 9.89. The number of benzene rings is 1. The van der Waals surface area contributed by atoms with E-state index in [0.29, 0.717) is 18.0 Å². The van der Waals surface area contributed by atoms with Gasteiger partial charge in [-0.2, -0.15) is 0 Å². The number of nitrogens with two attached hydrogens (primary N) is 1. The van der Waals surface area contributed by atoms with Gasteiger partial charge in [-0.25, -0.2) is 0 Å². The third-order valence-electron chi connectivity index (χ3n) is 4.42. The maximum Gasteiger partial charge on any atom is 0.0348 e. The van der Waals surface area contributed by atoms with Crippen molar-refractivity contribution in [3.05, 3.63) is 35.9 Å². The maximum absolute atomic E-state index is 6.12. The average Bonchev–Trinajstić information content (AvgIpc) is 2.46. The molecule has 2 rings (SSSR count). The molecule has 0 saturated carbocycles. The molecule has 1 aromatic carbocycles. The van der Waals surface area contributed by atoms with Crippen molar-refractivity contribution < 1.29 is 0 Å². The number of piperidine rings is 1.